The van der Waals surface area contributed by atoms with E-state index in [0.717, 1.165) is 17.8 Å². The summed E-state index contributed by atoms with van der Waals surface area (Å²) >= 11 is 0. The second-order valence-electron chi connectivity index (χ2n) is 5.80. The Hall–Kier alpha value is 0. The minimum absolute atomic E-state index is 0.647. The van der Waals surface area contributed by atoms with Crippen LogP contribution in [0.25, 0.3) is 0 Å². The van der Waals surface area contributed by atoms with Gasteiger partial charge >= 0.3 is 0 Å². The van der Waals surface area contributed by atoms with Crippen molar-refractivity contribution in [1.82, 2.24) is 0 Å². The first kappa shape index (κ1) is 9.55. The lowest BCUT2D eigenvalue weighted by Crippen LogP contribution is -2.38. The van der Waals surface area contributed by atoms with Crippen LogP contribution in [0.2, 0.25) is 0 Å². The van der Waals surface area contributed by atoms with E-state index in [1.807, 2.05) is 0 Å². The molecule has 3 unspecified atom stereocenters. The van der Waals surface area contributed by atoms with E-state index in [4.69, 9.17) is 0 Å². The summed E-state index contributed by atoms with van der Waals surface area (Å²) in [5.74, 6) is 3.16. The van der Waals surface area contributed by atoms with Crippen LogP contribution in [0.1, 0.15) is 59.3 Å². The van der Waals surface area contributed by atoms with Crippen LogP contribution in [0.5, 0.6) is 0 Å². The van der Waals surface area contributed by atoms with Gasteiger partial charge in [0.2, 0.25) is 0 Å². The molecule has 0 aromatic heterocycles. The summed E-state index contributed by atoms with van der Waals surface area (Å²) in [4.78, 5) is 0. The lowest BCUT2D eigenvalue weighted by Gasteiger charge is -2.47. The van der Waals surface area contributed by atoms with Gasteiger partial charge in [-0.15, -0.1) is 0 Å². The molecule has 0 aromatic rings. The highest BCUT2D eigenvalue weighted by atomic mass is 14.5. The molecule has 2 rings (SSSR count). The van der Waals surface area contributed by atoms with Gasteiger partial charge in [-0.3, -0.25) is 0 Å². The van der Waals surface area contributed by atoms with E-state index in [0.29, 0.717) is 5.41 Å². The molecule has 0 aliphatic heterocycles. The molecule has 0 nitrogen and oxygen atoms in total. The van der Waals surface area contributed by atoms with Crippen LogP contribution < -0.4 is 0 Å². The Balaban J connectivity index is 2.15. The first-order chi connectivity index (χ1) is 6.16. The molecule has 0 saturated heterocycles. The van der Waals surface area contributed by atoms with Crippen molar-refractivity contribution in [1.29, 1.82) is 0 Å². The molecule has 76 valence electrons. The van der Waals surface area contributed by atoms with Crippen LogP contribution in [0.4, 0.5) is 0 Å². The van der Waals surface area contributed by atoms with Crippen LogP contribution in [-0.4, -0.2) is 0 Å². The average molecular weight is 180 g/mol. The van der Waals surface area contributed by atoms with Gasteiger partial charge < -0.3 is 0 Å². The van der Waals surface area contributed by atoms with E-state index in [2.05, 4.69) is 20.8 Å². The molecule has 2 fully saturated rings. The predicted molar refractivity (Wildman–Crippen MR) is 57.6 cm³/mol. The predicted octanol–water partition coefficient (Wildman–Crippen LogP) is 4.25. The molecule has 0 amide bonds. The van der Waals surface area contributed by atoms with Crippen LogP contribution >= 0.6 is 0 Å². The van der Waals surface area contributed by atoms with Gasteiger partial charge in [0.05, 0.1) is 0 Å². The third-order valence-electron chi connectivity index (χ3n) is 5.05. The molecule has 0 bridgehead atoms. The topological polar surface area (TPSA) is 0 Å². The molecule has 0 heteroatoms. The first-order valence-corrected chi connectivity index (χ1v) is 6.16. The van der Waals surface area contributed by atoms with E-state index in [-0.39, 0.29) is 0 Å². The van der Waals surface area contributed by atoms with Crippen LogP contribution in [0.3, 0.4) is 0 Å². The van der Waals surface area contributed by atoms with Gasteiger partial charge in [-0.05, 0) is 42.4 Å². The standard InChI is InChI=1S/C13H24/c1-4-11-9-8-10-6-5-7-12(10)13(11,2)3/h10-12H,4-9H2,1-3H3. The molecule has 3 atom stereocenters. The Morgan fingerprint density at radius 3 is 2.54 bits per heavy atom. The molecule has 0 heterocycles. The third-order valence-corrected chi connectivity index (χ3v) is 5.05. The fourth-order valence-electron chi connectivity index (χ4n) is 4.18. The van der Waals surface area contributed by atoms with Gasteiger partial charge in [0, 0.05) is 0 Å². The van der Waals surface area contributed by atoms with Gasteiger partial charge in [0.25, 0.3) is 0 Å². The summed E-state index contributed by atoms with van der Waals surface area (Å²) in [5, 5.41) is 0. The summed E-state index contributed by atoms with van der Waals surface area (Å²) in [6, 6.07) is 0. The van der Waals surface area contributed by atoms with E-state index < -0.39 is 0 Å². The van der Waals surface area contributed by atoms with Gasteiger partial charge in [0.1, 0.15) is 0 Å². The van der Waals surface area contributed by atoms with Crippen molar-refractivity contribution in [3.05, 3.63) is 0 Å². The van der Waals surface area contributed by atoms with Crippen molar-refractivity contribution in [2.24, 2.45) is 23.2 Å². The molecular weight excluding hydrogens is 156 g/mol. The fourth-order valence-corrected chi connectivity index (χ4v) is 4.18. The molecule has 0 spiro atoms. The second kappa shape index (κ2) is 3.29. The van der Waals surface area contributed by atoms with E-state index in [1.165, 1.54) is 38.5 Å². The first-order valence-electron chi connectivity index (χ1n) is 6.16. The number of fused-ring (bicyclic) bond motifs is 1. The highest BCUT2D eigenvalue weighted by Crippen LogP contribution is 2.55. The smallest absolute Gasteiger partial charge is 0.0295 e. The SMILES string of the molecule is CCC1CCC2CCCC2C1(C)C. The lowest BCUT2D eigenvalue weighted by atomic mass is 9.58. The van der Waals surface area contributed by atoms with Gasteiger partial charge in [-0.1, -0.05) is 40.0 Å². The summed E-state index contributed by atoms with van der Waals surface area (Å²) in [7, 11) is 0. The summed E-state index contributed by atoms with van der Waals surface area (Å²) in [5.41, 5.74) is 0.647. The molecule has 0 radical (unpaired) electrons. The lowest BCUT2D eigenvalue weighted by molar-refractivity contribution is 0.0274. The molecule has 0 aromatic carbocycles. The summed E-state index contributed by atoms with van der Waals surface area (Å²) in [6.07, 6.45) is 9.00. The normalized spacial score (nSPS) is 43.2. The Bertz CT molecular complexity index is 180. The van der Waals surface area contributed by atoms with Crippen LogP contribution in [0, 0.1) is 23.2 Å². The zero-order valence-corrected chi connectivity index (χ0v) is 9.47. The van der Waals surface area contributed by atoms with Gasteiger partial charge in [-0.2, -0.15) is 0 Å². The van der Waals surface area contributed by atoms with E-state index in [9.17, 15) is 0 Å². The maximum absolute atomic E-state index is 2.53. The largest absolute Gasteiger partial charge is 0.0651 e. The zero-order chi connectivity index (χ0) is 9.47. The Morgan fingerprint density at radius 2 is 1.85 bits per heavy atom. The molecular formula is C13H24. The van der Waals surface area contributed by atoms with Crippen LogP contribution in [0.15, 0.2) is 0 Å². The Kier molecular flexibility index (Phi) is 2.42. The second-order valence-corrected chi connectivity index (χ2v) is 5.80. The van der Waals surface area contributed by atoms with Crippen molar-refractivity contribution in [2.45, 2.75) is 59.3 Å². The molecule has 13 heavy (non-hydrogen) atoms. The Morgan fingerprint density at radius 1 is 1.08 bits per heavy atom. The summed E-state index contributed by atoms with van der Waals surface area (Å²) < 4.78 is 0. The highest BCUT2D eigenvalue weighted by molar-refractivity contribution is 4.95. The molecule has 2 aliphatic carbocycles. The fraction of sp³-hybridized carbons (Fsp3) is 1.00. The monoisotopic (exact) mass is 180 g/mol. The van der Waals surface area contributed by atoms with E-state index in [1.54, 1.807) is 0 Å². The minimum Gasteiger partial charge on any atom is -0.0651 e. The molecule has 2 saturated carbocycles. The molecule has 0 N–H and O–H groups in total. The van der Waals surface area contributed by atoms with E-state index >= 15 is 0 Å². The maximum atomic E-state index is 2.53. The number of rotatable bonds is 1. The van der Waals surface area contributed by atoms with Crippen molar-refractivity contribution >= 4 is 0 Å². The van der Waals surface area contributed by atoms with Crippen molar-refractivity contribution < 1.29 is 0 Å². The third kappa shape index (κ3) is 1.43. The quantitative estimate of drug-likeness (QED) is 0.566. The zero-order valence-electron chi connectivity index (χ0n) is 9.47. The maximum Gasteiger partial charge on any atom is -0.0295 e. The van der Waals surface area contributed by atoms with Crippen molar-refractivity contribution in [3.8, 4) is 0 Å². The highest BCUT2D eigenvalue weighted by Gasteiger charge is 2.45. The molecule has 2 aliphatic rings. The van der Waals surface area contributed by atoms with Crippen LogP contribution in [-0.2, 0) is 0 Å². The Labute approximate surface area is 83.1 Å². The number of hydrogen-bond donors (Lipinski definition) is 0. The minimum atomic E-state index is 0.647. The number of hydrogen-bond acceptors (Lipinski definition) is 0. The van der Waals surface area contributed by atoms with Crippen molar-refractivity contribution in [3.63, 3.8) is 0 Å². The van der Waals surface area contributed by atoms with Gasteiger partial charge in [0.15, 0.2) is 0 Å². The van der Waals surface area contributed by atoms with Crippen molar-refractivity contribution in [2.75, 3.05) is 0 Å². The summed E-state index contributed by atoms with van der Waals surface area (Å²) in [6.45, 7) is 7.44. The average Bonchev–Trinajstić information content (AvgIpc) is 2.53. The van der Waals surface area contributed by atoms with Gasteiger partial charge in [-0.25, -0.2) is 0 Å².